The number of alkyl halides is 3. The van der Waals surface area contributed by atoms with Gasteiger partial charge in [0.15, 0.2) is 0 Å². The number of carbonyl (C=O) groups is 1. The Morgan fingerprint density at radius 2 is 1.80 bits per heavy atom. The van der Waals surface area contributed by atoms with Crippen LogP contribution in [0.15, 0.2) is 48.5 Å². The summed E-state index contributed by atoms with van der Waals surface area (Å²) in [4.78, 5) is 16.3. The number of carbonyl (C=O) groups excluding carboxylic acids is 1. The minimum absolute atomic E-state index is 0.0819. The van der Waals surface area contributed by atoms with Crippen molar-refractivity contribution in [1.82, 2.24) is 15.1 Å². The van der Waals surface area contributed by atoms with Gasteiger partial charge in [-0.1, -0.05) is 47.7 Å². The van der Waals surface area contributed by atoms with Gasteiger partial charge < -0.3 is 10.2 Å². The number of benzene rings is 2. The molecule has 0 saturated carbocycles. The van der Waals surface area contributed by atoms with Crippen molar-refractivity contribution in [1.29, 1.82) is 0 Å². The van der Waals surface area contributed by atoms with Crippen LogP contribution in [-0.4, -0.2) is 48.6 Å². The Morgan fingerprint density at radius 1 is 1.07 bits per heavy atom. The average Bonchev–Trinajstić information content (AvgIpc) is 2.71. The second kappa shape index (κ2) is 9.68. The summed E-state index contributed by atoms with van der Waals surface area (Å²) in [5, 5.41) is 2.71. The summed E-state index contributed by atoms with van der Waals surface area (Å²) in [6.45, 7) is 5.84. The number of hydrogen-bond donors (Lipinski definition) is 1. The van der Waals surface area contributed by atoms with Crippen molar-refractivity contribution >= 4 is 6.03 Å². The summed E-state index contributed by atoms with van der Waals surface area (Å²) < 4.78 is 38.2. The number of amides is 2. The van der Waals surface area contributed by atoms with Gasteiger partial charge in [0.2, 0.25) is 0 Å². The molecule has 0 aromatic heterocycles. The molecule has 4 nitrogen and oxygen atoms in total. The van der Waals surface area contributed by atoms with Gasteiger partial charge in [-0.15, -0.1) is 0 Å². The van der Waals surface area contributed by atoms with Crippen molar-refractivity contribution in [3.8, 4) is 11.8 Å². The van der Waals surface area contributed by atoms with Crippen molar-refractivity contribution in [2.45, 2.75) is 19.6 Å². The highest BCUT2D eigenvalue weighted by Crippen LogP contribution is 2.29. The van der Waals surface area contributed by atoms with E-state index >= 15 is 0 Å². The van der Waals surface area contributed by atoms with E-state index in [2.05, 4.69) is 53.2 Å². The SMILES string of the molecule is Cc1cccc(CN2CCN(C(=O)NCC#Cc3cccc(C(F)(F)F)c3)CC2)c1. The van der Waals surface area contributed by atoms with Gasteiger partial charge in [-0.05, 0) is 30.7 Å². The molecule has 0 unspecified atom stereocenters. The maximum absolute atomic E-state index is 12.7. The fraction of sp³-hybridized carbons (Fsp3) is 0.348. The molecule has 0 radical (unpaired) electrons. The van der Waals surface area contributed by atoms with Crippen molar-refractivity contribution in [2.24, 2.45) is 0 Å². The third kappa shape index (κ3) is 6.26. The van der Waals surface area contributed by atoms with E-state index in [0.717, 1.165) is 31.8 Å². The standard InChI is InChI=1S/C23H24F3N3O/c1-18-5-2-7-20(15-18)17-28-11-13-29(14-12-28)22(30)27-10-4-8-19-6-3-9-21(16-19)23(24,25)26/h2-3,5-7,9,15-16H,10-14,17H2,1H3,(H,27,30). The third-order valence-corrected chi connectivity index (χ3v) is 4.90. The molecule has 2 aromatic rings. The monoisotopic (exact) mass is 415 g/mol. The lowest BCUT2D eigenvalue weighted by Crippen LogP contribution is -2.51. The summed E-state index contributed by atoms with van der Waals surface area (Å²) in [6.07, 6.45) is -4.40. The molecule has 158 valence electrons. The lowest BCUT2D eigenvalue weighted by molar-refractivity contribution is -0.137. The highest BCUT2D eigenvalue weighted by molar-refractivity contribution is 5.74. The van der Waals surface area contributed by atoms with E-state index in [4.69, 9.17) is 0 Å². The van der Waals surface area contributed by atoms with Crippen LogP contribution in [0.5, 0.6) is 0 Å². The molecule has 1 heterocycles. The lowest BCUT2D eigenvalue weighted by atomic mass is 10.1. The minimum atomic E-state index is -4.40. The molecule has 7 heteroatoms. The Labute approximate surface area is 174 Å². The zero-order valence-corrected chi connectivity index (χ0v) is 16.8. The molecule has 0 atom stereocenters. The molecule has 1 aliphatic heterocycles. The second-order valence-electron chi connectivity index (χ2n) is 7.29. The predicted molar refractivity (Wildman–Crippen MR) is 110 cm³/mol. The molecule has 1 fully saturated rings. The number of piperazine rings is 1. The van der Waals surface area contributed by atoms with Crippen molar-refractivity contribution in [3.63, 3.8) is 0 Å². The molecule has 2 aromatic carbocycles. The summed E-state index contributed by atoms with van der Waals surface area (Å²) in [5.41, 5.74) is 2.03. The van der Waals surface area contributed by atoms with E-state index in [0.29, 0.717) is 13.1 Å². The van der Waals surface area contributed by atoms with E-state index in [9.17, 15) is 18.0 Å². The summed E-state index contributed by atoms with van der Waals surface area (Å²) in [5.74, 6) is 5.37. The highest BCUT2D eigenvalue weighted by Gasteiger charge is 2.30. The topological polar surface area (TPSA) is 35.6 Å². The van der Waals surface area contributed by atoms with Gasteiger partial charge >= 0.3 is 12.2 Å². The average molecular weight is 415 g/mol. The minimum Gasteiger partial charge on any atom is -0.327 e. The first kappa shape index (κ1) is 21.7. The van der Waals surface area contributed by atoms with Crippen molar-refractivity contribution in [3.05, 3.63) is 70.8 Å². The number of halogens is 3. The zero-order chi connectivity index (χ0) is 21.6. The normalized spacial score (nSPS) is 14.7. The number of nitrogens with zero attached hydrogens (tertiary/aromatic N) is 2. The first-order chi connectivity index (χ1) is 14.3. The number of hydrogen-bond acceptors (Lipinski definition) is 2. The lowest BCUT2D eigenvalue weighted by Gasteiger charge is -2.34. The maximum Gasteiger partial charge on any atom is 0.416 e. The molecule has 0 spiro atoms. The zero-order valence-electron chi connectivity index (χ0n) is 16.8. The second-order valence-corrected chi connectivity index (χ2v) is 7.29. The Balaban J connectivity index is 1.43. The summed E-state index contributed by atoms with van der Waals surface area (Å²) in [6, 6.07) is 13.0. The quantitative estimate of drug-likeness (QED) is 0.772. The van der Waals surface area contributed by atoms with Crippen LogP contribution in [0.4, 0.5) is 18.0 Å². The molecule has 1 N–H and O–H groups in total. The number of urea groups is 1. The van der Waals surface area contributed by atoms with Gasteiger partial charge in [0.25, 0.3) is 0 Å². The van der Waals surface area contributed by atoms with E-state index in [-0.39, 0.29) is 18.1 Å². The van der Waals surface area contributed by atoms with E-state index in [1.165, 1.54) is 23.3 Å². The van der Waals surface area contributed by atoms with Gasteiger partial charge in [0.05, 0.1) is 12.1 Å². The number of aryl methyl sites for hydroxylation is 1. The Bertz CT molecular complexity index is 938. The van der Waals surface area contributed by atoms with Crippen LogP contribution in [0.2, 0.25) is 0 Å². The fourth-order valence-corrected chi connectivity index (χ4v) is 3.33. The molecule has 2 amide bonds. The van der Waals surface area contributed by atoms with E-state index in [1.54, 1.807) is 4.90 Å². The number of rotatable bonds is 3. The van der Waals surface area contributed by atoms with Gasteiger partial charge in [0, 0.05) is 38.3 Å². The van der Waals surface area contributed by atoms with Gasteiger partial charge in [-0.2, -0.15) is 13.2 Å². The molecular weight excluding hydrogens is 391 g/mol. The largest absolute Gasteiger partial charge is 0.416 e. The Morgan fingerprint density at radius 3 is 2.50 bits per heavy atom. The maximum atomic E-state index is 12.7. The Kier molecular flexibility index (Phi) is 7.01. The third-order valence-electron chi connectivity index (χ3n) is 4.90. The summed E-state index contributed by atoms with van der Waals surface area (Å²) >= 11 is 0. The molecular formula is C23H24F3N3O. The smallest absolute Gasteiger partial charge is 0.327 e. The molecule has 3 rings (SSSR count). The molecule has 0 bridgehead atoms. The molecule has 30 heavy (non-hydrogen) atoms. The van der Waals surface area contributed by atoms with Crippen molar-refractivity contribution in [2.75, 3.05) is 32.7 Å². The molecule has 1 aliphatic rings. The van der Waals surface area contributed by atoms with Crippen LogP contribution in [0, 0.1) is 18.8 Å². The van der Waals surface area contributed by atoms with E-state index < -0.39 is 11.7 Å². The first-order valence-electron chi connectivity index (χ1n) is 9.78. The van der Waals surface area contributed by atoms with Crippen LogP contribution in [-0.2, 0) is 12.7 Å². The Hall–Kier alpha value is -2.98. The van der Waals surface area contributed by atoms with Crippen molar-refractivity contribution < 1.29 is 18.0 Å². The summed E-state index contributed by atoms with van der Waals surface area (Å²) in [7, 11) is 0. The van der Waals surface area contributed by atoms with Crippen LogP contribution in [0.3, 0.4) is 0 Å². The van der Waals surface area contributed by atoms with Gasteiger partial charge in [-0.25, -0.2) is 4.79 Å². The van der Waals surface area contributed by atoms with E-state index in [1.807, 2.05) is 0 Å². The first-order valence-corrected chi connectivity index (χ1v) is 9.78. The molecule has 1 saturated heterocycles. The van der Waals surface area contributed by atoms with Crippen LogP contribution in [0.1, 0.15) is 22.3 Å². The van der Waals surface area contributed by atoms with Crippen LogP contribution < -0.4 is 5.32 Å². The fourth-order valence-electron chi connectivity index (χ4n) is 3.33. The van der Waals surface area contributed by atoms with Crippen LogP contribution >= 0.6 is 0 Å². The number of nitrogens with one attached hydrogen (secondary N) is 1. The van der Waals surface area contributed by atoms with Gasteiger partial charge in [0.1, 0.15) is 0 Å². The van der Waals surface area contributed by atoms with Gasteiger partial charge in [-0.3, -0.25) is 4.90 Å². The molecule has 0 aliphatic carbocycles. The predicted octanol–water partition coefficient (Wildman–Crippen LogP) is 3.89. The highest BCUT2D eigenvalue weighted by atomic mass is 19.4. The van der Waals surface area contributed by atoms with Crippen LogP contribution in [0.25, 0.3) is 0 Å².